The summed E-state index contributed by atoms with van der Waals surface area (Å²) in [4.78, 5) is 45.9. The van der Waals surface area contributed by atoms with E-state index in [1.54, 1.807) is 44.3 Å². The summed E-state index contributed by atoms with van der Waals surface area (Å²) in [6, 6.07) is 2.44. The first-order chi connectivity index (χ1) is 24.2. The summed E-state index contributed by atoms with van der Waals surface area (Å²) >= 11 is 18.8. The molecule has 52 heavy (non-hydrogen) atoms. The maximum absolute atomic E-state index is 14.6. The summed E-state index contributed by atoms with van der Waals surface area (Å²) in [5, 5.41) is 2.90. The minimum Gasteiger partial charge on any atom is -0.457 e. The van der Waals surface area contributed by atoms with E-state index < -0.39 is 60.5 Å². The van der Waals surface area contributed by atoms with Gasteiger partial charge in [0.25, 0.3) is 0 Å². The lowest BCUT2D eigenvalue weighted by Crippen LogP contribution is -2.52. The van der Waals surface area contributed by atoms with Gasteiger partial charge in [0.05, 0.1) is 29.1 Å². The summed E-state index contributed by atoms with van der Waals surface area (Å²) in [6.07, 6.45) is 5.67. The van der Waals surface area contributed by atoms with E-state index in [1.165, 1.54) is 0 Å². The molecule has 294 valence electrons. The van der Waals surface area contributed by atoms with Crippen LogP contribution in [0.3, 0.4) is 0 Å². The Balaban J connectivity index is 3.57. The zero-order valence-corrected chi connectivity index (χ0v) is 36.8. The van der Waals surface area contributed by atoms with Crippen molar-refractivity contribution in [2.45, 2.75) is 135 Å². The number of rotatable bonds is 23. The fourth-order valence-electron chi connectivity index (χ4n) is 6.12. The summed E-state index contributed by atoms with van der Waals surface area (Å²) in [5.74, 6) is -1.84. The zero-order valence-electron chi connectivity index (χ0n) is 32.7. The van der Waals surface area contributed by atoms with Crippen LogP contribution in [0.15, 0.2) is 47.9 Å². The highest BCUT2D eigenvalue weighted by Crippen LogP contribution is 2.38. The molecule has 0 spiro atoms. The van der Waals surface area contributed by atoms with E-state index in [2.05, 4.69) is 38.9 Å². The first-order valence-electron chi connectivity index (χ1n) is 18.1. The van der Waals surface area contributed by atoms with Crippen LogP contribution in [0, 0.1) is 24.2 Å². The number of aryl methyl sites for hydroxylation is 1. The number of carbonyl (C=O) groups is 3. The smallest absolute Gasteiger partial charge is 0.457 e. The predicted octanol–water partition coefficient (Wildman–Crippen LogP) is 11.8. The van der Waals surface area contributed by atoms with E-state index in [1.807, 2.05) is 45.2 Å². The normalized spacial score (nSPS) is 15.9. The van der Waals surface area contributed by atoms with E-state index in [0.717, 1.165) is 46.4 Å². The number of ether oxygens (including phenoxy) is 3. The summed E-state index contributed by atoms with van der Waals surface area (Å²) in [5.41, 5.74) is 1.50. The molecule has 0 radical (unpaired) electrons. The topological polar surface area (TPSA) is 101 Å². The third kappa shape index (κ3) is 15.4. The molecule has 0 bridgehead atoms. The number of allylic oxidation sites excluding steroid dienone is 3. The van der Waals surface area contributed by atoms with Crippen molar-refractivity contribution in [3.63, 3.8) is 0 Å². The molecule has 0 N–H and O–H groups in total. The van der Waals surface area contributed by atoms with Gasteiger partial charge in [-0.2, -0.15) is 0 Å². The molecule has 0 aromatic carbocycles. The maximum atomic E-state index is 14.6. The van der Waals surface area contributed by atoms with Gasteiger partial charge in [0, 0.05) is 17.2 Å². The lowest BCUT2D eigenvalue weighted by Gasteiger charge is -2.42. The van der Waals surface area contributed by atoms with E-state index in [4.69, 9.17) is 53.4 Å². The molecule has 1 heterocycles. The average Bonchev–Trinajstić information content (AvgIpc) is 3.50. The number of halogens is 3. The second-order valence-electron chi connectivity index (χ2n) is 13.9. The third-order valence-electron chi connectivity index (χ3n) is 9.77. The number of ketones is 1. The molecule has 0 aliphatic rings. The number of Topliss-reactive ketones (excluding diaryl/α,β-unsaturated/α-hetero) is 1. The molecular weight excluding hydrogens is 761 g/mol. The minimum atomic E-state index is -2.36. The van der Waals surface area contributed by atoms with Gasteiger partial charge in [0.15, 0.2) is 8.32 Å². The quantitative estimate of drug-likeness (QED) is 0.0354. The molecule has 1 aromatic heterocycles. The molecule has 0 saturated carbocycles. The van der Waals surface area contributed by atoms with Crippen LogP contribution in [0.2, 0.25) is 18.1 Å². The molecule has 0 fully saturated rings. The van der Waals surface area contributed by atoms with E-state index in [0.29, 0.717) is 12.8 Å². The summed E-state index contributed by atoms with van der Waals surface area (Å²) < 4.78 is 22.1. The number of alkyl halides is 3. The van der Waals surface area contributed by atoms with Crippen molar-refractivity contribution in [1.29, 1.82) is 0 Å². The van der Waals surface area contributed by atoms with Crippen LogP contribution in [0.1, 0.15) is 98.7 Å². The molecule has 13 heteroatoms. The molecule has 5 atom stereocenters. The van der Waals surface area contributed by atoms with Crippen LogP contribution < -0.4 is 0 Å². The summed E-state index contributed by atoms with van der Waals surface area (Å²) in [7, 11) is -2.36. The molecule has 8 nitrogen and oxygen atoms in total. The third-order valence-corrected chi connectivity index (χ3v) is 15.5. The molecule has 0 aliphatic heterocycles. The fourth-order valence-corrected chi connectivity index (χ4v) is 9.84. The van der Waals surface area contributed by atoms with Crippen LogP contribution in [-0.2, 0) is 28.2 Å². The van der Waals surface area contributed by atoms with Gasteiger partial charge in [-0.15, -0.1) is 17.9 Å². The Labute approximate surface area is 332 Å². The van der Waals surface area contributed by atoms with Crippen molar-refractivity contribution in [2.75, 3.05) is 6.61 Å². The first-order valence-corrected chi connectivity index (χ1v) is 22.6. The Hall–Kier alpha value is -1.95. The highest BCUT2D eigenvalue weighted by atomic mass is 35.6. The van der Waals surface area contributed by atoms with Crippen molar-refractivity contribution in [3.8, 4) is 0 Å². The van der Waals surface area contributed by atoms with Crippen molar-refractivity contribution in [1.82, 2.24) is 4.98 Å². The minimum absolute atomic E-state index is 0.148. The Morgan fingerprint density at radius 2 is 1.63 bits per heavy atom. The van der Waals surface area contributed by atoms with E-state index >= 15 is 0 Å². The molecule has 0 saturated heterocycles. The van der Waals surface area contributed by atoms with Gasteiger partial charge >= 0.3 is 12.1 Å². The first kappa shape index (κ1) is 48.1. The van der Waals surface area contributed by atoms with Crippen LogP contribution in [-0.4, -0.2) is 59.9 Å². The molecule has 0 unspecified atom stereocenters. The number of thiazole rings is 1. The standard InChI is InChI=1S/C39H60Cl3NO7SSi/c1-13-19-26(7)35(49-37(46)47-25-39(40,41)42)28(9)36(45)38(11,12)33(50-52(16-4,17-5)18-6)23-34(44)48-32(21-20-30(14-2)15-3)27(8)22-31-24-51-29(10)43-31/h13-14,20,22,24,26,28,32-33,35H,1-2,15-19,21,23,25H2,3-12H3/b27-22+,30-20+/t26-,28+,32-,33-,35-/m0/s1. The van der Waals surface area contributed by atoms with Gasteiger partial charge < -0.3 is 18.6 Å². The number of nitrogens with zero attached hydrogens (tertiary/aromatic N) is 1. The number of carbonyl (C=O) groups excluding carboxylic acids is 3. The molecule has 0 amide bonds. The number of esters is 1. The summed E-state index contributed by atoms with van der Waals surface area (Å²) in [6.45, 7) is 26.5. The number of hydrogen-bond acceptors (Lipinski definition) is 9. The lowest BCUT2D eigenvalue weighted by atomic mass is 9.73. The molecular formula is C39H60Cl3NO7SSi. The second kappa shape index (κ2) is 22.4. The van der Waals surface area contributed by atoms with Gasteiger partial charge in [-0.25, -0.2) is 9.78 Å². The number of hydrogen-bond donors (Lipinski definition) is 0. The fraction of sp³-hybridized carbons (Fsp3) is 0.641. The Morgan fingerprint density at radius 3 is 2.12 bits per heavy atom. The average molecular weight is 821 g/mol. The van der Waals surface area contributed by atoms with Crippen molar-refractivity contribution >= 4 is 78.4 Å². The van der Waals surface area contributed by atoms with E-state index in [-0.39, 0.29) is 18.1 Å². The van der Waals surface area contributed by atoms with Crippen molar-refractivity contribution < 1.29 is 33.0 Å². The lowest BCUT2D eigenvalue weighted by molar-refractivity contribution is -0.153. The van der Waals surface area contributed by atoms with Gasteiger partial charge in [-0.3, -0.25) is 9.59 Å². The van der Waals surface area contributed by atoms with Crippen molar-refractivity contribution in [3.05, 3.63) is 58.6 Å². The number of aromatic nitrogens is 1. The highest BCUT2D eigenvalue weighted by Gasteiger charge is 2.47. The van der Waals surface area contributed by atoms with Gasteiger partial charge in [0.2, 0.25) is 3.79 Å². The molecule has 0 aliphatic carbocycles. The zero-order chi connectivity index (χ0) is 39.9. The largest absolute Gasteiger partial charge is 0.508 e. The predicted molar refractivity (Wildman–Crippen MR) is 219 cm³/mol. The van der Waals surface area contributed by atoms with Gasteiger partial charge in [-0.05, 0) is 62.4 Å². The van der Waals surface area contributed by atoms with Crippen LogP contribution in [0.5, 0.6) is 0 Å². The Kier molecular flexibility index (Phi) is 20.7. The van der Waals surface area contributed by atoms with Crippen LogP contribution in [0.25, 0.3) is 6.08 Å². The van der Waals surface area contributed by atoms with Gasteiger partial charge in [0.1, 0.15) is 24.6 Å². The second-order valence-corrected chi connectivity index (χ2v) is 22.2. The van der Waals surface area contributed by atoms with Crippen molar-refractivity contribution in [2.24, 2.45) is 17.3 Å². The van der Waals surface area contributed by atoms with Gasteiger partial charge in [-0.1, -0.05) is 121 Å². The monoisotopic (exact) mass is 819 g/mol. The van der Waals surface area contributed by atoms with E-state index in [9.17, 15) is 14.4 Å². The highest BCUT2D eigenvalue weighted by molar-refractivity contribution is 7.09. The maximum Gasteiger partial charge on any atom is 0.508 e. The Morgan fingerprint density at radius 1 is 1.02 bits per heavy atom. The van der Waals surface area contributed by atoms with Crippen LogP contribution in [0.4, 0.5) is 4.79 Å². The van der Waals surface area contributed by atoms with Crippen LogP contribution >= 0.6 is 46.1 Å². The Bertz CT molecular complexity index is 1390. The molecule has 1 aromatic rings. The molecule has 1 rings (SSSR count). The SMILES string of the molecule is C=CC[C@H](C)[C@H](OC(=O)OCC(Cl)(Cl)Cl)[C@@H](C)C(=O)C(C)(C)[C@H](CC(=O)O[C@@H](C/C=C(\C=C)CC)/C(C)=C/c1csc(C)n1)O[Si](CC)(CC)CC.